The lowest BCUT2D eigenvalue weighted by Crippen LogP contribution is -2.35. The van der Waals surface area contributed by atoms with Gasteiger partial charge in [0.1, 0.15) is 5.75 Å². The molecule has 4 rings (SSSR count). The van der Waals surface area contributed by atoms with Crippen LogP contribution in [0.5, 0.6) is 5.75 Å². The Bertz CT molecular complexity index is 1150. The minimum atomic E-state index is -1.61. The van der Waals surface area contributed by atoms with Crippen molar-refractivity contribution in [2.75, 3.05) is 0 Å². The van der Waals surface area contributed by atoms with Crippen molar-refractivity contribution in [3.05, 3.63) is 90.5 Å². The number of aliphatic carboxylic acids is 1. The molecule has 0 heterocycles. The highest BCUT2D eigenvalue weighted by atomic mass is 16.5. The smallest absolute Gasteiger partial charge is 0.353 e. The summed E-state index contributed by atoms with van der Waals surface area (Å²) in [5.74, 6) is -1.56. The van der Waals surface area contributed by atoms with Crippen LogP contribution in [0.2, 0.25) is 0 Å². The van der Waals surface area contributed by atoms with Crippen molar-refractivity contribution in [1.82, 2.24) is 0 Å². The molecule has 1 N–H and O–H groups in total. The molecule has 132 valence electrons. The van der Waals surface area contributed by atoms with Crippen molar-refractivity contribution in [3.63, 3.8) is 0 Å². The number of fused-ring (bicyclic) bond motifs is 2. The van der Waals surface area contributed by atoms with Gasteiger partial charge in [-0.2, -0.15) is 0 Å². The van der Waals surface area contributed by atoms with Gasteiger partial charge in [-0.1, -0.05) is 60.7 Å². The second kappa shape index (κ2) is 6.92. The van der Waals surface area contributed by atoms with E-state index >= 15 is 0 Å². The molecule has 27 heavy (non-hydrogen) atoms. The summed E-state index contributed by atoms with van der Waals surface area (Å²) in [5.41, 5.74) is 0.335. The van der Waals surface area contributed by atoms with Crippen molar-refractivity contribution in [1.29, 1.82) is 0 Å². The summed E-state index contributed by atoms with van der Waals surface area (Å²) in [6, 6.07) is 25.6. The zero-order valence-corrected chi connectivity index (χ0v) is 14.3. The summed E-state index contributed by atoms with van der Waals surface area (Å²) in [6.07, 6.45) is -1.61. The van der Waals surface area contributed by atoms with Crippen LogP contribution in [-0.2, 0) is 4.79 Å². The molecular formula is C23H16O4. The molecule has 1 unspecified atom stereocenters. The van der Waals surface area contributed by atoms with E-state index in [1.165, 1.54) is 0 Å². The van der Waals surface area contributed by atoms with Crippen LogP contribution >= 0.6 is 0 Å². The number of rotatable bonds is 5. The van der Waals surface area contributed by atoms with Gasteiger partial charge < -0.3 is 9.84 Å². The Labute approximate surface area is 155 Å². The summed E-state index contributed by atoms with van der Waals surface area (Å²) in [7, 11) is 0. The van der Waals surface area contributed by atoms with Gasteiger partial charge in [-0.15, -0.1) is 0 Å². The maximum absolute atomic E-state index is 13.0. The first kappa shape index (κ1) is 16.8. The van der Waals surface area contributed by atoms with Gasteiger partial charge in [-0.25, -0.2) is 4.79 Å². The summed E-state index contributed by atoms with van der Waals surface area (Å²) in [5, 5.41) is 13.2. The van der Waals surface area contributed by atoms with E-state index in [1.807, 2.05) is 42.5 Å². The van der Waals surface area contributed by atoms with Crippen LogP contribution in [0.25, 0.3) is 21.5 Å². The number of hydrogen-bond acceptors (Lipinski definition) is 3. The predicted octanol–water partition coefficient (Wildman–Crippen LogP) is 4.71. The number of hydrogen-bond donors (Lipinski definition) is 1. The lowest BCUT2D eigenvalue weighted by molar-refractivity contribution is -0.142. The molecule has 0 aliphatic carbocycles. The number of benzene rings is 4. The van der Waals surface area contributed by atoms with E-state index in [0.29, 0.717) is 16.7 Å². The molecule has 0 aliphatic rings. The maximum Gasteiger partial charge on any atom is 0.353 e. The standard InChI is InChI=1S/C23H16O4/c24-21(22(23(25)26)27-18-10-2-1-3-11-18)19-12-6-9-17-13-15-7-4-5-8-16(15)14-20(17)19/h1-14,22H,(H,25,26). The van der Waals surface area contributed by atoms with Crippen molar-refractivity contribution in [3.8, 4) is 5.75 Å². The number of ether oxygens (including phenoxy) is 1. The van der Waals surface area contributed by atoms with Gasteiger partial charge in [0.05, 0.1) is 0 Å². The molecule has 0 amide bonds. The highest BCUT2D eigenvalue weighted by molar-refractivity contribution is 6.18. The zero-order valence-electron chi connectivity index (χ0n) is 14.3. The minimum absolute atomic E-state index is 0.335. The van der Waals surface area contributed by atoms with Crippen molar-refractivity contribution >= 4 is 33.3 Å². The van der Waals surface area contributed by atoms with Gasteiger partial charge in [-0.05, 0) is 45.8 Å². The summed E-state index contributed by atoms with van der Waals surface area (Å²) < 4.78 is 5.48. The van der Waals surface area contributed by atoms with Crippen LogP contribution in [-0.4, -0.2) is 23.0 Å². The Morgan fingerprint density at radius 3 is 2.07 bits per heavy atom. The Morgan fingerprint density at radius 2 is 1.37 bits per heavy atom. The van der Waals surface area contributed by atoms with Crippen molar-refractivity contribution < 1.29 is 19.4 Å². The van der Waals surface area contributed by atoms with Crippen molar-refractivity contribution in [2.45, 2.75) is 6.10 Å². The minimum Gasteiger partial charge on any atom is -0.478 e. The van der Waals surface area contributed by atoms with Crippen LogP contribution in [0, 0.1) is 0 Å². The van der Waals surface area contributed by atoms with Crippen LogP contribution < -0.4 is 4.74 Å². The monoisotopic (exact) mass is 356 g/mol. The molecule has 4 aromatic carbocycles. The van der Waals surface area contributed by atoms with Gasteiger partial charge >= 0.3 is 5.97 Å². The first-order valence-electron chi connectivity index (χ1n) is 8.54. The van der Waals surface area contributed by atoms with E-state index in [2.05, 4.69) is 0 Å². The number of carbonyl (C=O) groups is 2. The van der Waals surface area contributed by atoms with Crippen LogP contribution in [0.3, 0.4) is 0 Å². The number of para-hydroxylation sites is 1. The Morgan fingerprint density at radius 1 is 0.741 bits per heavy atom. The third-order valence-corrected chi connectivity index (χ3v) is 4.47. The van der Waals surface area contributed by atoms with Crippen LogP contribution in [0.4, 0.5) is 0 Å². The average Bonchev–Trinajstić information content (AvgIpc) is 2.70. The molecule has 0 aromatic heterocycles. The molecule has 0 saturated heterocycles. The molecule has 4 heteroatoms. The molecule has 0 spiro atoms. The number of ketones is 1. The van der Waals surface area contributed by atoms with Gasteiger partial charge in [0, 0.05) is 5.56 Å². The average molecular weight is 356 g/mol. The van der Waals surface area contributed by atoms with E-state index in [9.17, 15) is 14.7 Å². The van der Waals surface area contributed by atoms with E-state index < -0.39 is 17.9 Å². The second-order valence-electron chi connectivity index (χ2n) is 6.24. The fourth-order valence-electron chi connectivity index (χ4n) is 3.17. The number of Topliss-reactive ketones (excluding diaryl/α,β-unsaturated/α-hetero) is 1. The van der Waals surface area contributed by atoms with Crippen molar-refractivity contribution in [2.24, 2.45) is 0 Å². The molecule has 0 fully saturated rings. The Balaban J connectivity index is 1.80. The quantitative estimate of drug-likeness (QED) is 0.320. The molecular weight excluding hydrogens is 340 g/mol. The summed E-state index contributed by atoms with van der Waals surface area (Å²) in [6.45, 7) is 0. The fourth-order valence-corrected chi connectivity index (χ4v) is 3.17. The highest BCUT2D eigenvalue weighted by Gasteiger charge is 2.30. The molecule has 1 atom stereocenters. The first-order valence-corrected chi connectivity index (χ1v) is 8.54. The molecule has 0 aliphatic heterocycles. The highest BCUT2D eigenvalue weighted by Crippen LogP contribution is 2.27. The van der Waals surface area contributed by atoms with Gasteiger partial charge in [-0.3, -0.25) is 4.79 Å². The third kappa shape index (κ3) is 3.25. The lowest BCUT2D eigenvalue weighted by Gasteiger charge is -2.15. The fraction of sp³-hybridized carbons (Fsp3) is 0.0435. The van der Waals surface area contributed by atoms with E-state index in [0.717, 1.165) is 16.2 Å². The van der Waals surface area contributed by atoms with Crippen LogP contribution in [0.1, 0.15) is 10.4 Å². The molecule has 0 saturated carbocycles. The zero-order chi connectivity index (χ0) is 18.8. The van der Waals surface area contributed by atoms with Crippen LogP contribution in [0.15, 0.2) is 84.9 Å². The maximum atomic E-state index is 13.0. The number of carboxylic acid groups (broad SMARTS) is 1. The van der Waals surface area contributed by atoms with E-state index in [4.69, 9.17) is 4.74 Å². The molecule has 0 bridgehead atoms. The Kier molecular flexibility index (Phi) is 4.30. The van der Waals surface area contributed by atoms with E-state index in [1.54, 1.807) is 42.5 Å². The first-order chi connectivity index (χ1) is 13.1. The second-order valence-corrected chi connectivity index (χ2v) is 6.24. The SMILES string of the molecule is O=C(O)C(Oc1ccccc1)C(=O)c1cccc2cc3ccccc3cc12. The largest absolute Gasteiger partial charge is 0.478 e. The summed E-state index contributed by atoms with van der Waals surface area (Å²) in [4.78, 5) is 24.8. The van der Waals surface area contributed by atoms with Gasteiger partial charge in [0.2, 0.25) is 5.78 Å². The molecule has 4 aromatic rings. The predicted molar refractivity (Wildman–Crippen MR) is 104 cm³/mol. The normalized spacial score (nSPS) is 12.0. The topological polar surface area (TPSA) is 63.6 Å². The third-order valence-electron chi connectivity index (χ3n) is 4.47. The van der Waals surface area contributed by atoms with Gasteiger partial charge in [0.15, 0.2) is 0 Å². The van der Waals surface area contributed by atoms with Gasteiger partial charge in [0.25, 0.3) is 6.10 Å². The Hall–Kier alpha value is -3.66. The summed E-state index contributed by atoms with van der Waals surface area (Å²) >= 11 is 0. The molecule has 0 radical (unpaired) electrons. The number of carbonyl (C=O) groups excluding carboxylic acids is 1. The lowest BCUT2D eigenvalue weighted by atomic mass is 9.96. The molecule has 4 nitrogen and oxygen atoms in total. The van der Waals surface area contributed by atoms with E-state index in [-0.39, 0.29) is 0 Å². The number of carboxylic acids is 1.